The highest BCUT2D eigenvalue weighted by Gasteiger charge is 2.28. The highest BCUT2D eigenvalue weighted by atomic mass is 35.5. The van der Waals surface area contributed by atoms with E-state index in [-0.39, 0.29) is 20.6 Å². The molecular weight excluding hydrogens is 409 g/mol. The minimum Gasteiger partial charge on any atom is -0.468 e. The third kappa shape index (κ3) is 4.39. The topological polar surface area (TPSA) is 63.7 Å². The number of sulfonamides is 1. The summed E-state index contributed by atoms with van der Waals surface area (Å²) in [5.74, 6) is -0.712. The Kier molecular flexibility index (Phi) is 6.21. The molecule has 0 aliphatic rings. The number of carbonyl (C=O) groups is 1. The SMILES string of the molecule is COC(=O)CN(c1ccc(Cl)c(C)c1)S(=O)(=O)c1ccc(Cl)c(Cl)c1. The molecule has 0 saturated carbocycles. The van der Waals surface area contributed by atoms with Crippen LogP contribution in [-0.4, -0.2) is 28.0 Å². The fraction of sp³-hybridized carbons (Fsp3) is 0.188. The van der Waals surface area contributed by atoms with Gasteiger partial charge in [-0.05, 0) is 48.9 Å². The van der Waals surface area contributed by atoms with E-state index in [0.29, 0.717) is 10.6 Å². The Morgan fingerprint density at radius 2 is 1.68 bits per heavy atom. The van der Waals surface area contributed by atoms with Gasteiger partial charge < -0.3 is 4.74 Å². The average Bonchev–Trinajstić information content (AvgIpc) is 2.57. The van der Waals surface area contributed by atoms with E-state index in [2.05, 4.69) is 4.74 Å². The molecule has 2 aromatic rings. The molecule has 0 unspecified atom stereocenters. The normalized spacial score (nSPS) is 11.2. The summed E-state index contributed by atoms with van der Waals surface area (Å²) in [7, 11) is -2.90. The second kappa shape index (κ2) is 7.83. The average molecular weight is 423 g/mol. The number of rotatable bonds is 5. The summed E-state index contributed by atoms with van der Waals surface area (Å²) in [4.78, 5) is 11.6. The van der Waals surface area contributed by atoms with Gasteiger partial charge in [-0.15, -0.1) is 0 Å². The van der Waals surface area contributed by atoms with Crippen LogP contribution in [0.5, 0.6) is 0 Å². The van der Waals surface area contributed by atoms with Crippen LogP contribution in [0.25, 0.3) is 0 Å². The minimum atomic E-state index is -4.08. The summed E-state index contributed by atoms with van der Waals surface area (Å²) in [6.07, 6.45) is 0. The monoisotopic (exact) mass is 421 g/mol. The first-order chi connectivity index (χ1) is 11.7. The number of halogens is 3. The van der Waals surface area contributed by atoms with Crippen LogP contribution in [0.15, 0.2) is 41.3 Å². The van der Waals surface area contributed by atoms with Crippen molar-refractivity contribution in [3.05, 3.63) is 57.0 Å². The molecule has 0 aromatic heterocycles. The van der Waals surface area contributed by atoms with E-state index >= 15 is 0 Å². The minimum absolute atomic E-state index is 0.0908. The van der Waals surface area contributed by atoms with Gasteiger partial charge in [0, 0.05) is 5.02 Å². The van der Waals surface area contributed by atoms with Crippen molar-refractivity contribution < 1.29 is 17.9 Å². The summed E-state index contributed by atoms with van der Waals surface area (Å²) in [5, 5.41) is 0.796. The van der Waals surface area contributed by atoms with Crippen molar-refractivity contribution in [1.82, 2.24) is 0 Å². The van der Waals surface area contributed by atoms with Crippen LogP contribution < -0.4 is 4.31 Å². The van der Waals surface area contributed by atoms with E-state index in [4.69, 9.17) is 34.8 Å². The maximum Gasteiger partial charge on any atom is 0.326 e. The van der Waals surface area contributed by atoms with Gasteiger partial charge in [0.1, 0.15) is 6.54 Å². The van der Waals surface area contributed by atoms with Gasteiger partial charge in [0.25, 0.3) is 10.0 Å². The molecular formula is C16H14Cl3NO4S. The van der Waals surface area contributed by atoms with Crippen LogP contribution in [-0.2, 0) is 19.6 Å². The highest BCUT2D eigenvalue weighted by molar-refractivity contribution is 7.92. The van der Waals surface area contributed by atoms with Gasteiger partial charge in [-0.25, -0.2) is 8.42 Å². The Hall–Kier alpha value is -1.47. The third-order valence-electron chi connectivity index (χ3n) is 3.41. The Bertz CT molecular complexity index is 916. The van der Waals surface area contributed by atoms with Crippen molar-refractivity contribution in [3.63, 3.8) is 0 Å². The second-order valence-electron chi connectivity index (χ2n) is 5.10. The Morgan fingerprint density at radius 1 is 1.04 bits per heavy atom. The lowest BCUT2D eigenvalue weighted by Gasteiger charge is -2.24. The third-order valence-corrected chi connectivity index (χ3v) is 6.34. The van der Waals surface area contributed by atoms with Crippen LogP contribution in [0.1, 0.15) is 5.56 Å². The molecule has 0 bridgehead atoms. The van der Waals surface area contributed by atoms with Crippen molar-refractivity contribution in [2.75, 3.05) is 18.0 Å². The van der Waals surface area contributed by atoms with Crippen molar-refractivity contribution in [3.8, 4) is 0 Å². The summed E-state index contributed by atoms with van der Waals surface area (Å²) in [6, 6.07) is 8.55. The molecule has 5 nitrogen and oxygen atoms in total. The van der Waals surface area contributed by atoms with E-state index < -0.39 is 22.5 Å². The molecule has 25 heavy (non-hydrogen) atoms. The Morgan fingerprint density at radius 3 is 2.24 bits per heavy atom. The highest BCUT2D eigenvalue weighted by Crippen LogP contribution is 2.30. The number of aryl methyl sites for hydroxylation is 1. The van der Waals surface area contributed by atoms with Gasteiger partial charge in [-0.3, -0.25) is 9.10 Å². The molecule has 2 aromatic carbocycles. The standard InChI is InChI=1S/C16H14Cl3NO4S/c1-10-7-11(3-5-13(10)17)20(9-16(21)24-2)25(22,23)12-4-6-14(18)15(19)8-12/h3-8H,9H2,1-2H3. The molecule has 0 spiro atoms. The molecule has 0 aliphatic carbocycles. The van der Waals surface area contributed by atoms with Crippen LogP contribution in [0.3, 0.4) is 0 Å². The maximum absolute atomic E-state index is 13.0. The predicted molar refractivity (Wildman–Crippen MR) is 99.2 cm³/mol. The van der Waals surface area contributed by atoms with Crippen molar-refractivity contribution in [2.24, 2.45) is 0 Å². The number of hydrogen-bond acceptors (Lipinski definition) is 4. The first kappa shape index (κ1) is 19.8. The van der Waals surface area contributed by atoms with Gasteiger partial charge in [0.15, 0.2) is 0 Å². The summed E-state index contributed by atoms with van der Waals surface area (Å²) < 4.78 is 31.6. The van der Waals surface area contributed by atoms with Gasteiger partial charge >= 0.3 is 5.97 Å². The lowest BCUT2D eigenvalue weighted by atomic mass is 10.2. The van der Waals surface area contributed by atoms with Crippen molar-refractivity contribution in [2.45, 2.75) is 11.8 Å². The van der Waals surface area contributed by atoms with E-state index in [1.165, 1.54) is 31.4 Å². The smallest absolute Gasteiger partial charge is 0.326 e. The van der Waals surface area contributed by atoms with Crippen LogP contribution in [0.4, 0.5) is 5.69 Å². The molecule has 0 N–H and O–H groups in total. The molecule has 0 amide bonds. The first-order valence-electron chi connectivity index (χ1n) is 6.97. The van der Waals surface area contributed by atoms with Gasteiger partial charge in [0.2, 0.25) is 0 Å². The zero-order valence-corrected chi connectivity index (χ0v) is 16.4. The molecule has 0 fully saturated rings. The number of carbonyl (C=O) groups excluding carboxylic acids is 1. The molecule has 0 saturated heterocycles. The van der Waals surface area contributed by atoms with Crippen LogP contribution >= 0.6 is 34.8 Å². The molecule has 2 rings (SSSR count). The Labute approximate surface area is 161 Å². The zero-order valence-electron chi connectivity index (χ0n) is 13.3. The van der Waals surface area contributed by atoms with E-state index in [1.807, 2.05) is 0 Å². The molecule has 134 valence electrons. The van der Waals surface area contributed by atoms with Crippen molar-refractivity contribution >= 4 is 56.5 Å². The fourth-order valence-electron chi connectivity index (χ4n) is 2.05. The number of esters is 1. The van der Waals surface area contributed by atoms with E-state index in [9.17, 15) is 13.2 Å². The van der Waals surface area contributed by atoms with Gasteiger partial charge in [-0.2, -0.15) is 0 Å². The lowest BCUT2D eigenvalue weighted by Crippen LogP contribution is -2.36. The number of methoxy groups -OCH3 is 1. The van der Waals surface area contributed by atoms with Gasteiger partial charge in [0.05, 0.1) is 27.7 Å². The van der Waals surface area contributed by atoms with E-state index in [0.717, 1.165) is 4.31 Å². The summed E-state index contributed by atoms with van der Waals surface area (Å²) in [5.41, 5.74) is 0.941. The lowest BCUT2D eigenvalue weighted by molar-refractivity contribution is -0.138. The van der Waals surface area contributed by atoms with Crippen LogP contribution in [0.2, 0.25) is 15.1 Å². The van der Waals surface area contributed by atoms with Crippen molar-refractivity contribution in [1.29, 1.82) is 0 Å². The second-order valence-corrected chi connectivity index (χ2v) is 8.18. The largest absolute Gasteiger partial charge is 0.468 e. The molecule has 0 heterocycles. The van der Waals surface area contributed by atoms with E-state index in [1.54, 1.807) is 19.1 Å². The van der Waals surface area contributed by atoms with Crippen LogP contribution in [0, 0.1) is 6.92 Å². The molecule has 0 aliphatic heterocycles. The fourth-order valence-corrected chi connectivity index (χ4v) is 3.95. The van der Waals surface area contributed by atoms with Gasteiger partial charge in [-0.1, -0.05) is 34.8 Å². The predicted octanol–water partition coefficient (Wildman–Crippen LogP) is 4.32. The molecule has 0 radical (unpaired) electrons. The summed E-state index contributed by atoms with van der Waals surface area (Å²) >= 11 is 17.8. The number of nitrogens with zero attached hydrogens (tertiary/aromatic N) is 1. The number of benzene rings is 2. The number of anilines is 1. The summed E-state index contributed by atoms with van der Waals surface area (Å²) in [6.45, 7) is 1.23. The number of ether oxygens (including phenoxy) is 1. The number of hydrogen-bond donors (Lipinski definition) is 0. The maximum atomic E-state index is 13.0. The Balaban J connectivity index is 2.58. The zero-order chi connectivity index (χ0) is 18.8. The quantitative estimate of drug-likeness (QED) is 0.673. The molecule has 0 atom stereocenters. The first-order valence-corrected chi connectivity index (χ1v) is 9.55. The molecule has 9 heteroatoms.